The summed E-state index contributed by atoms with van der Waals surface area (Å²) in [6.45, 7) is 6.92. The van der Waals surface area contributed by atoms with Crippen molar-refractivity contribution in [1.82, 2.24) is 0 Å². The molecular formula is C29H32F3O3Si. The van der Waals surface area contributed by atoms with Crippen LogP contribution in [0.25, 0.3) is 11.1 Å². The number of benzene rings is 3. The summed E-state index contributed by atoms with van der Waals surface area (Å²) in [7, 11) is 0.137. The molecule has 1 heterocycles. The second kappa shape index (κ2) is 12.3. The molecule has 7 heteroatoms. The van der Waals surface area contributed by atoms with E-state index in [1.807, 2.05) is 24.3 Å². The topological polar surface area (TPSA) is 46.5 Å². The van der Waals surface area contributed by atoms with Crippen LogP contribution in [0.1, 0.15) is 47.8 Å². The summed E-state index contributed by atoms with van der Waals surface area (Å²) in [5.74, 6) is -0.321. The van der Waals surface area contributed by atoms with E-state index in [9.17, 15) is 23.1 Å². The fraction of sp³-hybridized carbons (Fsp3) is 0.345. The van der Waals surface area contributed by atoms with Gasteiger partial charge in [0.1, 0.15) is 11.9 Å². The van der Waals surface area contributed by atoms with Gasteiger partial charge in [0.25, 0.3) is 0 Å². The Morgan fingerprint density at radius 2 is 1.64 bits per heavy atom. The number of halogens is 3. The van der Waals surface area contributed by atoms with Gasteiger partial charge in [-0.15, -0.1) is 0 Å². The van der Waals surface area contributed by atoms with Crippen LogP contribution >= 0.6 is 0 Å². The van der Waals surface area contributed by atoms with Gasteiger partial charge in [0.15, 0.2) is 0 Å². The molecule has 1 aliphatic rings. The minimum absolute atomic E-state index is 0.137. The van der Waals surface area contributed by atoms with E-state index in [1.54, 1.807) is 18.2 Å². The third-order valence-electron chi connectivity index (χ3n) is 6.50. The van der Waals surface area contributed by atoms with Gasteiger partial charge >= 0.3 is 12.1 Å². The molecule has 3 aromatic rings. The molecule has 1 atom stereocenters. The first-order valence-electron chi connectivity index (χ1n) is 12.3. The van der Waals surface area contributed by atoms with Gasteiger partial charge in [-0.05, 0) is 41.0 Å². The quantitative estimate of drug-likeness (QED) is 0.324. The Hall–Kier alpha value is -3.06. The fourth-order valence-electron chi connectivity index (χ4n) is 4.43. The molecule has 0 aliphatic carbocycles. The minimum Gasteiger partial charge on any atom is -0.489 e. The molecule has 1 radical (unpaired) electrons. The molecule has 3 aromatic carbocycles. The summed E-state index contributed by atoms with van der Waals surface area (Å²) in [5, 5.41) is 9.23. The standard InChI is InChI=1S/C23H17F3O3.C6H15Si/c24-23(25,26)17-7-1-4-14(10-17)11-18-13-20-19(8-3-9-21(20)29-18)15-5-2-6-16(12-15)22(27)28;1-4-7(5-2)6-3/h1-10,12,18H,11,13H2,(H,27,28);4-6H2,1-3H3. The molecule has 0 saturated heterocycles. The van der Waals surface area contributed by atoms with Gasteiger partial charge in [0.2, 0.25) is 0 Å². The van der Waals surface area contributed by atoms with E-state index in [-0.39, 0.29) is 20.5 Å². The highest BCUT2D eigenvalue weighted by molar-refractivity contribution is 6.58. The molecule has 0 amide bonds. The Morgan fingerprint density at radius 1 is 0.972 bits per heavy atom. The van der Waals surface area contributed by atoms with Crippen LogP contribution in [0.3, 0.4) is 0 Å². The molecule has 1 aliphatic heterocycles. The summed E-state index contributed by atoms with van der Waals surface area (Å²) in [5.41, 5.74) is 2.66. The van der Waals surface area contributed by atoms with Gasteiger partial charge in [0.05, 0.1) is 11.1 Å². The first-order valence-corrected chi connectivity index (χ1v) is 14.4. The highest BCUT2D eigenvalue weighted by Crippen LogP contribution is 2.38. The summed E-state index contributed by atoms with van der Waals surface area (Å²) in [6.07, 6.45) is -3.76. The van der Waals surface area contributed by atoms with Gasteiger partial charge in [-0.3, -0.25) is 0 Å². The third-order valence-corrected chi connectivity index (χ3v) is 9.50. The van der Waals surface area contributed by atoms with E-state index in [2.05, 4.69) is 20.8 Å². The van der Waals surface area contributed by atoms with E-state index in [0.29, 0.717) is 24.2 Å². The Labute approximate surface area is 212 Å². The van der Waals surface area contributed by atoms with E-state index in [4.69, 9.17) is 4.74 Å². The van der Waals surface area contributed by atoms with Crippen LogP contribution in [0.15, 0.2) is 66.7 Å². The lowest BCUT2D eigenvalue weighted by Crippen LogP contribution is -2.17. The monoisotopic (exact) mass is 513 g/mol. The lowest BCUT2D eigenvalue weighted by Gasteiger charge is -2.12. The molecular weight excluding hydrogens is 481 g/mol. The average Bonchev–Trinajstić information content (AvgIpc) is 3.27. The lowest BCUT2D eigenvalue weighted by atomic mass is 9.94. The maximum Gasteiger partial charge on any atom is 0.416 e. The number of ether oxygens (including phenoxy) is 1. The lowest BCUT2D eigenvalue weighted by molar-refractivity contribution is -0.137. The largest absolute Gasteiger partial charge is 0.489 e. The molecule has 0 bridgehead atoms. The van der Waals surface area contributed by atoms with Crippen molar-refractivity contribution >= 4 is 14.8 Å². The van der Waals surface area contributed by atoms with Crippen molar-refractivity contribution in [1.29, 1.82) is 0 Å². The molecule has 0 aromatic heterocycles. The molecule has 1 N–H and O–H groups in total. The number of carbonyl (C=O) groups is 1. The van der Waals surface area contributed by atoms with Gasteiger partial charge in [-0.25, -0.2) is 4.79 Å². The zero-order valence-electron chi connectivity index (χ0n) is 20.9. The van der Waals surface area contributed by atoms with Gasteiger partial charge < -0.3 is 9.84 Å². The van der Waals surface area contributed by atoms with Crippen LogP contribution in [0, 0.1) is 0 Å². The Morgan fingerprint density at radius 3 is 2.25 bits per heavy atom. The predicted octanol–water partition coefficient (Wildman–Crippen LogP) is 8.16. The first kappa shape index (κ1) is 27.5. The van der Waals surface area contributed by atoms with E-state index in [1.165, 1.54) is 30.3 Å². The molecule has 1 unspecified atom stereocenters. The number of carboxylic acid groups (broad SMARTS) is 1. The normalized spacial score (nSPS) is 14.6. The molecule has 191 valence electrons. The number of hydrogen-bond donors (Lipinski definition) is 1. The minimum atomic E-state index is -4.38. The Balaban J connectivity index is 0.000000454. The number of aromatic carboxylic acids is 1. The van der Waals surface area contributed by atoms with Crippen molar-refractivity contribution in [3.8, 4) is 16.9 Å². The SMILES string of the molecule is CC[Si](CC)CC.O=C(O)c1cccc(-c2cccc3c2CC(Cc2cccc(C(F)(F)F)c2)O3)c1. The summed E-state index contributed by atoms with van der Waals surface area (Å²) >= 11 is 0. The van der Waals surface area contributed by atoms with Crippen molar-refractivity contribution < 1.29 is 27.8 Å². The number of hydrogen-bond acceptors (Lipinski definition) is 2. The Bertz CT molecular complexity index is 1170. The maximum atomic E-state index is 13.0. The zero-order chi connectivity index (χ0) is 26.3. The second-order valence-electron chi connectivity index (χ2n) is 8.83. The highest BCUT2D eigenvalue weighted by Gasteiger charge is 2.31. The van der Waals surface area contributed by atoms with Crippen molar-refractivity contribution in [3.05, 3.63) is 89.0 Å². The predicted molar refractivity (Wildman–Crippen MR) is 139 cm³/mol. The zero-order valence-corrected chi connectivity index (χ0v) is 21.9. The smallest absolute Gasteiger partial charge is 0.416 e. The second-order valence-corrected chi connectivity index (χ2v) is 12.4. The van der Waals surface area contributed by atoms with E-state index < -0.39 is 17.7 Å². The van der Waals surface area contributed by atoms with Crippen LogP contribution in [-0.2, 0) is 19.0 Å². The van der Waals surface area contributed by atoms with Crippen molar-refractivity contribution in [2.75, 3.05) is 0 Å². The van der Waals surface area contributed by atoms with E-state index >= 15 is 0 Å². The number of rotatable bonds is 7. The van der Waals surface area contributed by atoms with Gasteiger partial charge in [0, 0.05) is 27.2 Å². The molecule has 36 heavy (non-hydrogen) atoms. The van der Waals surface area contributed by atoms with E-state index in [0.717, 1.165) is 28.8 Å². The summed E-state index contributed by atoms with van der Waals surface area (Å²) in [6, 6.07) is 21.9. The fourth-order valence-corrected chi connectivity index (χ4v) is 5.93. The molecule has 4 rings (SSSR count). The van der Waals surface area contributed by atoms with Crippen molar-refractivity contribution in [3.63, 3.8) is 0 Å². The third kappa shape index (κ3) is 7.00. The molecule has 0 fully saturated rings. The van der Waals surface area contributed by atoms with Gasteiger partial charge in [-0.1, -0.05) is 81.4 Å². The Kier molecular flexibility index (Phi) is 9.37. The molecule has 0 spiro atoms. The highest BCUT2D eigenvalue weighted by atomic mass is 28.3. The van der Waals surface area contributed by atoms with Crippen molar-refractivity contribution in [2.24, 2.45) is 0 Å². The van der Waals surface area contributed by atoms with Crippen molar-refractivity contribution in [2.45, 2.75) is 64.0 Å². The average molecular weight is 514 g/mol. The molecule has 3 nitrogen and oxygen atoms in total. The molecule has 0 saturated carbocycles. The number of fused-ring (bicyclic) bond motifs is 1. The van der Waals surface area contributed by atoms with Crippen LogP contribution in [0.2, 0.25) is 18.1 Å². The number of alkyl halides is 3. The van der Waals surface area contributed by atoms with Crippen LogP contribution < -0.4 is 4.74 Å². The van der Waals surface area contributed by atoms with Crippen LogP contribution in [-0.4, -0.2) is 26.0 Å². The summed E-state index contributed by atoms with van der Waals surface area (Å²) in [4.78, 5) is 11.3. The maximum absolute atomic E-state index is 13.0. The van der Waals surface area contributed by atoms with Crippen LogP contribution in [0.4, 0.5) is 13.2 Å². The summed E-state index contributed by atoms with van der Waals surface area (Å²) < 4.78 is 44.8. The first-order chi connectivity index (χ1) is 17.2. The van der Waals surface area contributed by atoms with Crippen LogP contribution in [0.5, 0.6) is 5.75 Å². The number of carboxylic acids is 1. The van der Waals surface area contributed by atoms with Gasteiger partial charge in [-0.2, -0.15) is 13.2 Å².